The Hall–Kier alpha value is -2.96. The number of rotatable bonds is 4. The van der Waals surface area contributed by atoms with Crippen LogP contribution in [-0.4, -0.2) is 27.6 Å². The van der Waals surface area contributed by atoms with Gasteiger partial charge in [-0.15, -0.1) is 0 Å². The molecule has 0 aliphatic heterocycles. The van der Waals surface area contributed by atoms with Crippen molar-refractivity contribution in [1.82, 2.24) is 9.78 Å². The molecule has 0 saturated carbocycles. The van der Waals surface area contributed by atoms with Gasteiger partial charge in [-0.05, 0) is 17.7 Å². The summed E-state index contributed by atoms with van der Waals surface area (Å²) in [5.41, 5.74) is 1.43. The first-order valence-corrected chi connectivity index (χ1v) is 6.98. The molecule has 0 bridgehead atoms. The molecule has 0 fully saturated rings. The van der Waals surface area contributed by atoms with Crippen molar-refractivity contribution >= 4 is 23.6 Å². The average molecular weight is 315 g/mol. The van der Waals surface area contributed by atoms with Crippen LogP contribution >= 0.6 is 0 Å². The third-order valence-electron chi connectivity index (χ3n) is 3.08. The summed E-state index contributed by atoms with van der Waals surface area (Å²) < 4.78 is 6.45. The summed E-state index contributed by atoms with van der Waals surface area (Å²) in [6, 6.07) is 8.74. The van der Waals surface area contributed by atoms with Crippen LogP contribution in [0.25, 0.3) is 5.69 Å². The van der Waals surface area contributed by atoms with Gasteiger partial charge in [0.15, 0.2) is 0 Å². The zero-order valence-corrected chi connectivity index (χ0v) is 13.1. The summed E-state index contributed by atoms with van der Waals surface area (Å²) in [6.07, 6.45) is 1.51. The van der Waals surface area contributed by atoms with Gasteiger partial charge in [-0.3, -0.25) is 14.4 Å². The van der Waals surface area contributed by atoms with Gasteiger partial charge in [0.25, 0.3) is 0 Å². The number of anilines is 1. The minimum absolute atomic E-state index is 0.142. The molecule has 7 heteroatoms. The van der Waals surface area contributed by atoms with Gasteiger partial charge >= 0.3 is 5.97 Å². The van der Waals surface area contributed by atoms with E-state index in [1.807, 2.05) is 6.07 Å². The first-order valence-electron chi connectivity index (χ1n) is 6.98. The van der Waals surface area contributed by atoms with Gasteiger partial charge in [0, 0.05) is 26.8 Å². The number of carbonyl (C=O) groups is 3. The van der Waals surface area contributed by atoms with Crippen molar-refractivity contribution in [3.05, 3.63) is 42.1 Å². The molecule has 0 saturated heterocycles. The molecule has 2 amide bonds. The minimum Gasteiger partial charge on any atom is -0.461 e. The van der Waals surface area contributed by atoms with Crippen LogP contribution in [0.15, 0.2) is 36.5 Å². The lowest BCUT2D eigenvalue weighted by Crippen LogP contribution is -2.34. The second-order valence-electron chi connectivity index (χ2n) is 4.92. The fraction of sp³-hybridized carbons (Fsp3) is 0.250. The van der Waals surface area contributed by atoms with E-state index in [0.29, 0.717) is 11.5 Å². The maximum atomic E-state index is 11.7. The maximum Gasteiger partial charge on any atom is 0.302 e. The van der Waals surface area contributed by atoms with Gasteiger partial charge in [-0.1, -0.05) is 12.1 Å². The van der Waals surface area contributed by atoms with E-state index in [1.165, 1.54) is 31.6 Å². The minimum atomic E-state index is -0.393. The standard InChI is InChI=1S/C16H17N3O4/c1-11(20)18(12(2)21)16-7-8-17-19(16)15-6-4-5-14(9-15)10-23-13(3)22/h4-9H,10H2,1-3H3. The third kappa shape index (κ3) is 3.82. The van der Waals surface area contributed by atoms with Crippen molar-refractivity contribution < 1.29 is 19.1 Å². The molecule has 120 valence electrons. The number of amides is 2. The van der Waals surface area contributed by atoms with Crippen LogP contribution in [0.2, 0.25) is 0 Å². The zero-order valence-electron chi connectivity index (χ0n) is 13.1. The van der Waals surface area contributed by atoms with Gasteiger partial charge in [0.05, 0.1) is 11.9 Å². The van der Waals surface area contributed by atoms with E-state index in [9.17, 15) is 14.4 Å². The number of nitrogens with zero attached hydrogens (tertiary/aromatic N) is 3. The maximum absolute atomic E-state index is 11.7. The number of hydrogen-bond acceptors (Lipinski definition) is 5. The molecule has 7 nitrogen and oxygen atoms in total. The summed E-state index contributed by atoms with van der Waals surface area (Å²) in [6.45, 7) is 4.11. The molecule has 23 heavy (non-hydrogen) atoms. The lowest BCUT2D eigenvalue weighted by atomic mass is 10.2. The number of hydrogen-bond donors (Lipinski definition) is 0. The molecule has 0 radical (unpaired) electrons. The molecule has 0 aliphatic rings. The summed E-state index contributed by atoms with van der Waals surface area (Å²) in [5.74, 6) is -0.796. The monoisotopic (exact) mass is 315 g/mol. The SMILES string of the molecule is CC(=O)OCc1cccc(-n2nccc2N(C(C)=O)C(C)=O)c1. The zero-order chi connectivity index (χ0) is 17.0. The molecule has 1 aromatic heterocycles. The fourth-order valence-corrected chi connectivity index (χ4v) is 2.17. The van der Waals surface area contributed by atoms with Crippen LogP contribution < -0.4 is 4.90 Å². The van der Waals surface area contributed by atoms with Crippen LogP contribution in [-0.2, 0) is 25.7 Å². The van der Waals surface area contributed by atoms with Crippen molar-refractivity contribution in [3.63, 3.8) is 0 Å². The first-order chi connectivity index (χ1) is 10.9. The van der Waals surface area contributed by atoms with Gasteiger partial charge in [-0.2, -0.15) is 5.10 Å². The second-order valence-corrected chi connectivity index (χ2v) is 4.92. The van der Waals surface area contributed by atoms with E-state index in [2.05, 4.69) is 5.10 Å². The second kappa shape index (κ2) is 6.87. The molecular weight excluding hydrogens is 298 g/mol. The number of benzene rings is 1. The highest BCUT2D eigenvalue weighted by molar-refractivity contribution is 6.12. The first kappa shape index (κ1) is 16.4. The van der Waals surface area contributed by atoms with Crippen LogP contribution in [0.1, 0.15) is 26.3 Å². The lowest BCUT2D eigenvalue weighted by molar-refractivity contribution is -0.142. The molecule has 0 atom stereocenters. The van der Waals surface area contributed by atoms with Gasteiger partial charge in [0.1, 0.15) is 12.4 Å². The van der Waals surface area contributed by atoms with E-state index < -0.39 is 11.8 Å². The van der Waals surface area contributed by atoms with E-state index in [1.54, 1.807) is 24.3 Å². The molecule has 0 aliphatic carbocycles. The largest absolute Gasteiger partial charge is 0.461 e. The third-order valence-corrected chi connectivity index (χ3v) is 3.08. The summed E-state index contributed by atoms with van der Waals surface area (Å²) in [5, 5.41) is 4.17. The van der Waals surface area contributed by atoms with Crippen molar-refractivity contribution in [1.29, 1.82) is 0 Å². The topological polar surface area (TPSA) is 81.5 Å². The number of imide groups is 1. The average Bonchev–Trinajstić information content (AvgIpc) is 2.93. The van der Waals surface area contributed by atoms with E-state index >= 15 is 0 Å². The molecule has 1 aromatic carbocycles. The predicted molar refractivity (Wildman–Crippen MR) is 82.9 cm³/mol. The van der Waals surface area contributed by atoms with Crippen molar-refractivity contribution in [2.24, 2.45) is 0 Å². The van der Waals surface area contributed by atoms with Gasteiger partial charge in [-0.25, -0.2) is 9.58 Å². The van der Waals surface area contributed by atoms with Gasteiger partial charge < -0.3 is 4.74 Å². The van der Waals surface area contributed by atoms with Gasteiger partial charge in [0.2, 0.25) is 11.8 Å². The van der Waals surface area contributed by atoms with E-state index in [4.69, 9.17) is 4.74 Å². The molecule has 2 rings (SSSR count). The van der Waals surface area contributed by atoms with Crippen molar-refractivity contribution in [3.8, 4) is 5.69 Å². The molecule has 0 spiro atoms. The summed E-state index contributed by atoms with van der Waals surface area (Å²) >= 11 is 0. The Balaban J connectivity index is 2.38. The smallest absolute Gasteiger partial charge is 0.302 e. The predicted octanol–water partition coefficient (Wildman–Crippen LogP) is 1.83. The lowest BCUT2D eigenvalue weighted by Gasteiger charge is -2.18. The Kier molecular flexibility index (Phi) is 4.90. The highest BCUT2D eigenvalue weighted by Gasteiger charge is 2.21. The molecule has 2 aromatic rings. The Morgan fingerprint density at radius 2 is 1.83 bits per heavy atom. The Morgan fingerprint density at radius 1 is 1.13 bits per heavy atom. The van der Waals surface area contributed by atoms with Crippen LogP contribution in [0.5, 0.6) is 0 Å². The molecular formula is C16H17N3O4. The Bertz CT molecular complexity index is 737. The number of ether oxygens (including phenoxy) is 1. The highest BCUT2D eigenvalue weighted by atomic mass is 16.5. The van der Waals surface area contributed by atoms with Crippen molar-refractivity contribution in [2.75, 3.05) is 4.90 Å². The Morgan fingerprint density at radius 3 is 2.43 bits per heavy atom. The number of aromatic nitrogens is 2. The highest BCUT2D eigenvalue weighted by Crippen LogP contribution is 2.20. The number of carbonyl (C=O) groups excluding carboxylic acids is 3. The van der Waals surface area contributed by atoms with Crippen LogP contribution in [0, 0.1) is 0 Å². The normalized spacial score (nSPS) is 10.2. The fourth-order valence-electron chi connectivity index (χ4n) is 2.17. The van der Waals surface area contributed by atoms with Crippen LogP contribution in [0.4, 0.5) is 5.82 Å². The molecule has 1 heterocycles. The quantitative estimate of drug-likeness (QED) is 0.804. The molecule has 0 unspecified atom stereocenters. The Labute approximate surface area is 133 Å². The molecule has 0 N–H and O–H groups in total. The van der Waals surface area contributed by atoms with Crippen LogP contribution in [0.3, 0.4) is 0 Å². The van der Waals surface area contributed by atoms with E-state index in [-0.39, 0.29) is 12.6 Å². The van der Waals surface area contributed by atoms with Crippen molar-refractivity contribution in [2.45, 2.75) is 27.4 Å². The summed E-state index contributed by atoms with van der Waals surface area (Å²) in [4.78, 5) is 35.4. The number of esters is 1. The summed E-state index contributed by atoms with van der Waals surface area (Å²) in [7, 11) is 0. The van der Waals surface area contributed by atoms with E-state index in [0.717, 1.165) is 10.5 Å².